The maximum Gasteiger partial charge on any atom is 0.191 e. The molecule has 1 saturated carbocycles. The fraction of sp³-hybridized carbons (Fsp3) is 0.947. The Morgan fingerprint density at radius 1 is 1.08 bits per heavy atom. The lowest BCUT2D eigenvalue weighted by Gasteiger charge is -2.31. The van der Waals surface area contributed by atoms with Crippen molar-refractivity contribution in [3.8, 4) is 0 Å². The van der Waals surface area contributed by atoms with Gasteiger partial charge in [0.2, 0.25) is 0 Å². The second-order valence-corrected chi connectivity index (χ2v) is 7.30. The van der Waals surface area contributed by atoms with Crippen molar-refractivity contribution in [3.63, 3.8) is 0 Å². The number of hydrogen-bond acceptors (Lipinski definition) is 4. The third-order valence-electron chi connectivity index (χ3n) is 4.98. The van der Waals surface area contributed by atoms with E-state index < -0.39 is 0 Å². The lowest BCUT2D eigenvalue weighted by atomic mass is 9.97. The molecular weight excluding hydrogens is 443 g/mol. The highest BCUT2D eigenvalue weighted by Gasteiger charge is 2.21. The van der Waals surface area contributed by atoms with Crippen LogP contribution < -0.4 is 10.6 Å². The second kappa shape index (κ2) is 14.9. The summed E-state index contributed by atoms with van der Waals surface area (Å²) in [4.78, 5) is 7.29. The Hall–Kier alpha value is -0.120. The fourth-order valence-corrected chi connectivity index (χ4v) is 3.09. The number of ether oxygens (including phenoxy) is 2. The number of nitrogens with one attached hydrogen (secondary N) is 2. The van der Waals surface area contributed by atoms with Gasteiger partial charge in [0.05, 0.1) is 6.61 Å². The molecule has 154 valence electrons. The number of halogens is 1. The van der Waals surface area contributed by atoms with E-state index in [-0.39, 0.29) is 24.0 Å². The summed E-state index contributed by atoms with van der Waals surface area (Å²) in [6.45, 7) is 10.9. The number of likely N-dealkylation sites (tertiary alicyclic amines) is 1. The number of aliphatic imine (C=N–C) groups is 1. The molecule has 1 aliphatic heterocycles. The van der Waals surface area contributed by atoms with Crippen LogP contribution in [0.4, 0.5) is 0 Å². The minimum Gasteiger partial charge on any atom is -0.383 e. The first kappa shape index (κ1) is 23.9. The predicted octanol–water partition coefficient (Wildman–Crippen LogP) is 2.33. The summed E-state index contributed by atoms with van der Waals surface area (Å²) in [5.74, 6) is 2.51. The van der Waals surface area contributed by atoms with Gasteiger partial charge in [0.15, 0.2) is 5.96 Å². The average molecular weight is 482 g/mol. The lowest BCUT2D eigenvalue weighted by Crippen LogP contribution is -2.39. The van der Waals surface area contributed by atoms with Crippen molar-refractivity contribution in [1.82, 2.24) is 15.5 Å². The highest BCUT2D eigenvalue weighted by Crippen LogP contribution is 2.28. The van der Waals surface area contributed by atoms with E-state index in [4.69, 9.17) is 14.5 Å². The quantitative estimate of drug-likeness (QED) is 0.194. The SMILES string of the molecule is CCNC(=NCC1CCN(CCOC)CC1)NCCCOCC1CC1.I. The molecule has 2 aliphatic rings. The number of rotatable bonds is 12. The molecule has 0 atom stereocenters. The zero-order valence-corrected chi connectivity index (χ0v) is 19.0. The first-order valence-electron chi connectivity index (χ1n) is 10.1. The van der Waals surface area contributed by atoms with E-state index in [1.54, 1.807) is 7.11 Å². The number of hydrogen-bond donors (Lipinski definition) is 2. The van der Waals surface area contributed by atoms with Crippen molar-refractivity contribution < 1.29 is 9.47 Å². The predicted molar refractivity (Wildman–Crippen MR) is 119 cm³/mol. The van der Waals surface area contributed by atoms with Crippen molar-refractivity contribution in [2.45, 2.75) is 39.0 Å². The highest BCUT2D eigenvalue weighted by molar-refractivity contribution is 14.0. The first-order valence-corrected chi connectivity index (χ1v) is 10.1. The van der Waals surface area contributed by atoms with Crippen LogP contribution in [0.2, 0.25) is 0 Å². The minimum atomic E-state index is 0. The average Bonchev–Trinajstić information content (AvgIpc) is 3.46. The van der Waals surface area contributed by atoms with Crippen LogP contribution in [-0.2, 0) is 9.47 Å². The van der Waals surface area contributed by atoms with E-state index in [1.807, 2.05) is 0 Å². The molecule has 26 heavy (non-hydrogen) atoms. The van der Waals surface area contributed by atoms with E-state index in [0.29, 0.717) is 5.92 Å². The molecular formula is C19H39IN4O2. The van der Waals surface area contributed by atoms with Gasteiger partial charge >= 0.3 is 0 Å². The van der Waals surface area contributed by atoms with E-state index in [0.717, 1.165) is 64.3 Å². The van der Waals surface area contributed by atoms with Gasteiger partial charge in [0, 0.05) is 46.5 Å². The van der Waals surface area contributed by atoms with Crippen LogP contribution in [0.3, 0.4) is 0 Å². The maximum absolute atomic E-state index is 5.68. The van der Waals surface area contributed by atoms with Gasteiger partial charge in [0.1, 0.15) is 0 Å². The Morgan fingerprint density at radius 3 is 2.50 bits per heavy atom. The van der Waals surface area contributed by atoms with Crippen molar-refractivity contribution in [3.05, 3.63) is 0 Å². The molecule has 0 radical (unpaired) electrons. The summed E-state index contributed by atoms with van der Waals surface area (Å²) < 4.78 is 10.8. The highest BCUT2D eigenvalue weighted by atomic mass is 127. The van der Waals surface area contributed by atoms with E-state index in [9.17, 15) is 0 Å². The maximum atomic E-state index is 5.68. The number of piperidine rings is 1. The summed E-state index contributed by atoms with van der Waals surface area (Å²) >= 11 is 0. The zero-order valence-electron chi connectivity index (χ0n) is 16.7. The second-order valence-electron chi connectivity index (χ2n) is 7.30. The Morgan fingerprint density at radius 2 is 1.85 bits per heavy atom. The number of methoxy groups -OCH3 is 1. The Labute approximate surface area is 176 Å². The largest absolute Gasteiger partial charge is 0.383 e. The lowest BCUT2D eigenvalue weighted by molar-refractivity contribution is 0.121. The van der Waals surface area contributed by atoms with E-state index >= 15 is 0 Å². The normalized spacial score (nSPS) is 19.2. The van der Waals surface area contributed by atoms with Crippen molar-refractivity contribution in [2.75, 3.05) is 66.2 Å². The first-order chi connectivity index (χ1) is 12.3. The Kier molecular flexibility index (Phi) is 13.7. The molecule has 1 aliphatic carbocycles. The third kappa shape index (κ3) is 10.9. The van der Waals surface area contributed by atoms with Gasteiger partial charge in [-0.25, -0.2) is 0 Å². The number of guanidine groups is 1. The summed E-state index contributed by atoms with van der Waals surface area (Å²) in [6, 6.07) is 0. The fourth-order valence-electron chi connectivity index (χ4n) is 3.09. The molecule has 2 rings (SSSR count). The molecule has 6 nitrogen and oxygen atoms in total. The molecule has 1 heterocycles. The summed E-state index contributed by atoms with van der Waals surface area (Å²) in [6.07, 6.45) is 6.24. The van der Waals surface area contributed by atoms with Gasteiger partial charge < -0.3 is 25.0 Å². The van der Waals surface area contributed by atoms with Gasteiger partial charge in [-0.05, 0) is 64.0 Å². The molecule has 7 heteroatoms. The topological polar surface area (TPSA) is 58.1 Å². The van der Waals surface area contributed by atoms with Gasteiger partial charge in [-0.1, -0.05) is 0 Å². The molecule has 0 bridgehead atoms. The molecule has 0 amide bonds. The van der Waals surface area contributed by atoms with Crippen LogP contribution in [-0.4, -0.2) is 77.1 Å². The van der Waals surface area contributed by atoms with Crippen molar-refractivity contribution in [2.24, 2.45) is 16.8 Å². The molecule has 0 aromatic rings. The Balaban J connectivity index is 0.00000338. The monoisotopic (exact) mass is 482 g/mol. The third-order valence-corrected chi connectivity index (χ3v) is 4.98. The smallest absolute Gasteiger partial charge is 0.191 e. The van der Waals surface area contributed by atoms with Crippen LogP contribution in [0.5, 0.6) is 0 Å². The molecule has 0 aromatic heterocycles. The van der Waals surface area contributed by atoms with E-state index in [1.165, 1.54) is 38.8 Å². The zero-order chi connectivity index (χ0) is 17.7. The van der Waals surface area contributed by atoms with Crippen molar-refractivity contribution in [1.29, 1.82) is 0 Å². The van der Waals surface area contributed by atoms with Crippen LogP contribution in [0.1, 0.15) is 39.0 Å². The molecule has 2 fully saturated rings. The molecule has 1 saturated heterocycles. The number of nitrogens with zero attached hydrogens (tertiary/aromatic N) is 2. The van der Waals surface area contributed by atoms with Crippen molar-refractivity contribution >= 4 is 29.9 Å². The van der Waals surface area contributed by atoms with Crippen LogP contribution in [0.15, 0.2) is 4.99 Å². The van der Waals surface area contributed by atoms with Crippen LogP contribution in [0.25, 0.3) is 0 Å². The molecule has 0 aromatic carbocycles. The summed E-state index contributed by atoms with van der Waals surface area (Å²) in [7, 11) is 1.77. The Bertz CT molecular complexity index is 373. The molecule has 0 spiro atoms. The van der Waals surface area contributed by atoms with Gasteiger partial charge in [-0.2, -0.15) is 0 Å². The molecule has 0 unspecified atom stereocenters. The molecule has 2 N–H and O–H groups in total. The van der Waals surface area contributed by atoms with Crippen LogP contribution in [0, 0.1) is 11.8 Å². The summed E-state index contributed by atoms with van der Waals surface area (Å²) in [5.41, 5.74) is 0. The van der Waals surface area contributed by atoms with Crippen LogP contribution >= 0.6 is 24.0 Å². The van der Waals surface area contributed by atoms with E-state index in [2.05, 4.69) is 22.5 Å². The standard InChI is InChI=1S/C19H38N4O2.HI/c1-3-20-19(21-9-4-13-25-16-18-5-6-18)22-15-17-7-10-23(11-8-17)12-14-24-2;/h17-18H,3-16H2,1-2H3,(H2,20,21,22);1H. The van der Waals surface area contributed by atoms with Gasteiger partial charge in [-0.3, -0.25) is 4.99 Å². The van der Waals surface area contributed by atoms with Gasteiger partial charge in [-0.15, -0.1) is 24.0 Å². The summed E-state index contributed by atoms with van der Waals surface area (Å²) in [5, 5.41) is 6.78. The van der Waals surface area contributed by atoms with Gasteiger partial charge in [0.25, 0.3) is 0 Å². The minimum absolute atomic E-state index is 0.